The van der Waals surface area contributed by atoms with Crippen LogP contribution < -0.4 is 16.6 Å². The van der Waals surface area contributed by atoms with Gasteiger partial charge in [0.25, 0.3) is 0 Å². The first kappa shape index (κ1) is 9.77. The van der Waals surface area contributed by atoms with Crippen molar-refractivity contribution >= 4 is 17.3 Å². The monoisotopic (exact) mass is 211 g/mol. The summed E-state index contributed by atoms with van der Waals surface area (Å²) in [5.74, 6) is 1.76. The van der Waals surface area contributed by atoms with Crippen molar-refractivity contribution in [3.05, 3.63) is 11.3 Å². The molecule has 0 unspecified atom stereocenters. The molecule has 0 saturated heterocycles. The Morgan fingerprint density at radius 2 is 2.21 bits per heavy atom. The van der Waals surface area contributed by atoms with Gasteiger partial charge in [-0.1, -0.05) is 0 Å². The van der Waals surface area contributed by atoms with E-state index >= 15 is 0 Å². The molecule has 14 heavy (non-hydrogen) atoms. The molecule has 2 atom stereocenters. The highest BCUT2D eigenvalue weighted by molar-refractivity contribution is 7.80. The van der Waals surface area contributed by atoms with E-state index in [1.165, 1.54) is 31.4 Å². The van der Waals surface area contributed by atoms with Crippen LogP contribution in [-0.2, 0) is 0 Å². The first-order valence-electron chi connectivity index (χ1n) is 5.18. The summed E-state index contributed by atoms with van der Waals surface area (Å²) >= 11 is 4.74. The predicted molar refractivity (Wildman–Crippen MR) is 61.2 cm³/mol. The molecule has 0 spiro atoms. The normalized spacial score (nSPS) is 32.9. The van der Waals surface area contributed by atoms with Gasteiger partial charge in [0.05, 0.1) is 0 Å². The highest BCUT2D eigenvalue weighted by Crippen LogP contribution is 2.48. The van der Waals surface area contributed by atoms with E-state index in [0.717, 1.165) is 11.8 Å². The minimum absolute atomic E-state index is 0.299. The van der Waals surface area contributed by atoms with Gasteiger partial charge in [-0.15, -0.1) is 0 Å². The van der Waals surface area contributed by atoms with Crippen molar-refractivity contribution in [1.29, 1.82) is 0 Å². The topological polar surface area (TPSA) is 50.1 Å². The van der Waals surface area contributed by atoms with Crippen molar-refractivity contribution in [3.63, 3.8) is 0 Å². The van der Waals surface area contributed by atoms with E-state index in [9.17, 15) is 0 Å². The van der Waals surface area contributed by atoms with Crippen molar-refractivity contribution in [3.8, 4) is 0 Å². The number of hydrogen-bond donors (Lipinski definition) is 3. The van der Waals surface area contributed by atoms with Gasteiger partial charge in [0, 0.05) is 5.70 Å². The minimum Gasteiger partial charge on any atom is -0.375 e. The van der Waals surface area contributed by atoms with Crippen LogP contribution in [0.15, 0.2) is 11.3 Å². The maximum absolute atomic E-state index is 5.35. The molecule has 2 aliphatic rings. The molecule has 2 saturated carbocycles. The van der Waals surface area contributed by atoms with Crippen LogP contribution in [0.5, 0.6) is 0 Å². The van der Waals surface area contributed by atoms with Crippen molar-refractivity contribution in [2.45, 2.75) is 32.6 Å². The number of rotatable bonds is 2. The van der Waals surface area contributed by atoms with E-state index in [0.29, 0.717) is 5.11 Å². The van der Waals surface area contributed by atoms with Crippen LogP contribution in [0.2, 0.25) is 0 Å². The van der Waals surface area contributed by atoms with Gasteiger partial charge >= 0.3 is 0 Å². The first-order chi connectivity index (χ1) is 6.66. The largest absolute Gasteiger partial charge is 0.375 e. The number of allylic oxidation sites excluding steroid dienone is 2. The van der Waals surface area contributed by atoms with Crippen LogP contribution in [0.1, 0.15) is 32.6 Å². The molecular weight excluding hydrogens is 194 g/mol. The van der Waals surface area contributed by atoms with E-state index in [2.05, 4.69) is 17.8 Å². The number of nitrogens with two attached hydrogens (primary N) is 1. The molecule has 4 N–H and O–H groups in total. The number of fused-ring (bicyclic) bond motifs is 2. The Hall–Kier alpha value is -0.770. The van der Waals surface area contributed by atoms with Crippen LogP contribution in [-0.4, -0.2) is 5.11 Å². The summed E-state index contributed by atoms with van der Waals surface area (Å²) < 4.78 is 0. The summed E-state index contributed by atoms with van der Waals surface area (Å²) in [4.78, 5) is 0. The lowest BCUT2D eigenvalue weighted by molar-refractivity contribution is 0.550. The standard InChI is InChI=1S/C10H17N3S/c1-6(12-13-10(11)14)9-5-7-2-3-8(9)4-7/h7-8,12H,2-5H2,1H3,(H3,11,13,14)/b9-6-/t7-,8+/m0/s1. The Bertz CT molecular complexity index is 285. The van der Waals surface area contributed by atoms with E-state index in [1.807, 2.05) is 0 Å². The summed E-state index contributed by atoms with van der Waals surface area (Å²) in [6, 6.07) is 0. The van der Waals surface area contributed by atoms with Gasteiger partial charge in [-0.05, 0) is 62.2 Å². The van der Waals surface area contributed by atoms with Crippen molar-refractivity contribution in [1.82, 2.24) is 10.9 Å². The Balaban J connectivity index is 1.98. The van der Waals surface area contributed by atoms with Crippen LogP contribution in [0.4, 0.5) is 0 Å². The number of hydrogen-bond acceptors (Lipinski definition) is 2. The molecule has 0 amide bonds. The lowest BCUT2D eigenvalue weighted by Crippen LogP contribution is -2.40. The number of nitrogens with one attached hydrogen (secondary N) is 2. The Labute approximate surface area is 90.1 Å². The van der Waals surface area contributed by atoms with Crippen LogP contribution in [0, 0.1) is 11.8 Å². The molecule has 2 fully saturated rings. The highest BCUT2D eigenvalue weighted by atomic mass is 32.1. The molecule has 0 aliphatic heterocycles. The molecule has 2 rings (SSSR count). The fourth-order valence-corrected chi connectivity index (χ4v) is 2.80. The third-order valence-corrected chi connectivity index (χ3v) is 3.50. The minimum atomic E-state index is 0.299. The summed E-state index contributed by atoms with van der Waals surface area (Å²) in [6.07, 6.45) is 5.44. The van der Waals surface area contributed by atoms with Crippen LogP contribution in [0.3, 0.4) is 0 Å². The Kier molecular flexibility index (Phi) is 2.63. The number of hydrazine groups is 1. The molecule has 0 heterocycles. The van der Waals surface area contributed by atoms with Gasteiger partial charge < -0.3 is 11.2 Å². The SMILES string of the molecule is C/C(NNC(N)=S)=C1\C[C@H]2CC[C@@H]1C2. The van der Waals surface area contributed by atoms with Gasteiger partial charge in [-0.25, -0.2) is 0 Å². The molecule has 78 valence electrons. The third-order valence-electron chi connectivity index (χ3n) is 3.40. The predicted octanol–water partition coefficient (Wildman–Crippen LogP) is 1.42. The van der Waals surface area contributed by atoms with E-state index in [4.69, 9.17) is 18.0 Å². The van der Waals surface area contributed by atoms with Gasteiger partial charge in [-0.3, -0.25) is 5.43 Å². The quantitative estimate of drug-likeness (QED) is 0.477. The smallest absolute Gasteiger partial charge is 0.182 e. The zero-order chi connectivity index (χ0) is 10.1. The van der Waals surface area contributed by atoms with E-state index < -0.39 is 0 Å². The second-order valence-corrected chi connectivity index (χ2v) is 4.78. The van der Waals surface area contributed by atoms with Gasteiger partial charge in [-0.2, -0.15) is 0 Å². The van der Waals surface area contributed by atoms with E-state index in [1.54, 1.807) is 5.57 Å². The van der Waals surface area contributed by atoms with Crippen molar-refractivity contribution < 1.29 is 0 Å². The molecule has 0 radical (unpaired) electrons. The zero-order valence-corrected chi connectivity index (χ0v) is 9.29. The molecule has 0 aromatic carbocycles. The van der Waals surface area contributed by atoms with Crippen molar-refractivity contribution in [2.75, 3.05) is 0 Å². The fourth-order valence-electron chi connectivity index (χ4n) is 2.75. The summed E-state index contributed by atoms with van der Waals surface area (Å²) in [5.41, 5.74) is 14.0. The Morgan fingerprint density at radius 1 is 1.43 bits per heavy atom. The first-order valence-corrected chi connectivity index (χ1v) is 5.58. The summed E-state index contributed by atoms with van der Waals surface area (Å²) in [5, 5.41) is 0.299. The van der Waals surface area contributed by atoms with Crippen LogP contribution >= 0.6 is 12.2 Å². The molecule has 2 aliphatic carbocycles. The Morgan fingerprint density at radius 3 is 2.71 bits per heavy atom. The maximum atomic E-state index is 5.35. The lowest BCUT2D eigenvalue weighted by atomic mass is 9.93. The van der Waals surface area contributed by atoms with Gasteiger partial charge in [0.15, 0.2) is 5.11 Å². The van der Waals surface area contributed by atoms with E-state index in [-0.39, 0.29) is 0 Å². The summed E-state index contributed by atoms with van der Waals surface area (Å²) in [6.45, 7) is 2.10. The summed E-state index contributed by atoms with van der Waals surface area (Å²) in [7, 11) is 0. The lowest BCUT2D eigenvalue weighted by Gasteiger charge is -2.18. The molecule has 3 nitrogen and oxygen atoms in total. The van der Waals surface area contributed by atoms with Gasteiger partial charge in [0.2, 0.25) is 0 Å². The average Bonchev–Trinajstić information content (AvgIpc) is 2.74. The highest BCUT2D eigenvalue weighted by Gasteiger charge is 2.36. The second-order valence-electron chi connectivity index (χ2n) is 4.34. The van der Waals surface area contributed by atoms with Gasteiger partial charge in [0.1, 0.15) is 0 Å². The maximum Gasteiger partial charge on any atom is 0.182 e. The molecule has 4 heteroatoms. The number of thiocarbonyl (C=S) groups is 1. The molecular formula is C10H17N3S. The zero-order valence-electron chi connectivity index (χ0n) is 8.47. The second kappa shape index (κ2) is 3.77. The average molecular weight is 211 g/mol. The van der Waals surface area contributed by atoms with Crippen molar-refractivity contribution in [2.24, 2.45) is 17.6 Å². The fraction of sp³-hybridized carbons (Fsp3) is 0.700. The molecule has 0 aromatic rings. The molecule has 0 aromatic heterocycles. The third kappa shape index (κ3) is 1.85. The van der Waals surface area contributed by atoms with Crippen LogP contribution in [0.25, 0.3) is 0 Å². The molecule has 2 bridgehead atoms.